The normalized spacial score (nSPS) is 10.1. The van der Waals surface area contributed by atoms with Gasteiger partial charge in [0.1, 0.15) is 0 Å². The van der Waals surface area contributed by atoms with Gasteiger partial charge < -0.3 is 15.8 Å². The summed E-state index contributed by atoms with van der Waals surface area (Å²) < 4.78 is 5.37. The summed E-state index contributed by atoms with van der Waals surface area (Å²) in [4.78, 5) is 10.5. The van der Waals surface area contributed by atoms with E-state index in [-0.39, 0.29) is 5.91 Å². The van der Waals surface area contributed by atoms with Crippen LogP contribution in [0.25, 0.3) is 0 Å². The Morgan fingerprint density at radius 2 is 1.86 bits per heavy atom. The van der Waals surface area contributed by atoms with Gasteiger partial charge in [0.15, 0.2) is 0 Å². The summed E-state index contributed by atoms with van der Waals surface area (Å²) in [6.45, 7) is 4.61. The van der Waals surface area contributed by atoms with Gasteiger partial charge in [-0.05, 0) is 32.2 Å². The van der Waals surface area contributed by atoms with Crippen LogP contribution < -0.4 is 11.1 Å². The molecule has 0 aromatic rings. The van der Waals surface area contributed by atoms with Crippen LogP contribution in [-0.4, -0.2) is 32.2 Å². The van der Waals surface area contributed by atoms with Gasteiger partial charge in [0, 0.05) is 26.7 Å². The van der Waals surface area contributed by atoms with Crippen molar-refractivity contribution in [3.8, 4) is 0 Å². The van der Waals surface area contributed by atoms with Gasteiger partial charge in [-0.15, -0.1) is 0 Å². The third kappa shape index (κ3) is 11.4. The number of nitrogens with two attached hydrogens (primary N) is 1. The highest BCUT2D eigenvalue weighted by atomic mass is 16.5. The molecule has 0 fully saturated rings. The molecule has 0 aliphatic rings. The van der Waals surface area contributed by atoms with E-state index in [1.54, 1.807) is 0 Å². The van der Waals surface area contributed by atoms with Crippen LogP contribution >= 0.6 is 0 Å². The SMILES string of the molecule is CC(=O)NCCCCOCCCCN. The fourth-order valence-electron chi connectivity index (χ4n) is 1.04. The number of carbonyl (C=O) groups excluding carboxylic acids is 1. The van der Waals surface area contributed by atoms with Gasteiger partial charge in [-0.2, -0.15) is 0 Å². The largest absolute Gasteiger partial charge is 0.381 e. The Morgan fingerprint density at radius 1 is 1.21 bits per heavy atom. The minimum atomic E-state index is 0.0360. The lowest BCUT2D eigenvalue weighted by Crippen LogP contribution is -2.21. The molecule has 0 aromatic carbocycles. The molecule has 84 valence electrons. The lowest BCUT2D eigenvalue weighted by molar-refractivity contribution is -0.118. The Kier molecular flexibility index (Phi) is 10.0. The molecule has 0 unspecified atom stereocenters. The zero-order valence-corrected chi connectivity index (χ0v) is 9.05. The number of nitrogens with one attached hydrogen (secondary N) is 1. The van der Waals surface area contributed by atoms with Crippen LogP contribution in [0.3, 0.4) is 0 Å². The van der Waals surface area contributed by atoms with Crippen molar-refractivity contribution < 1.29 is 9.53 Å². The van der Waals surface area contributed by atoms with Crippen LogP contribution in [0.2, 0.25) is 0 Å². The lowest BCUT2D eigenvalue weighted by atomic mass is 10.3. The molecule has 1 amide bonds. The van der Waals surface area contributed by atoms with Crippen LogP contribution in [0.1, 0.15) is 32.6 Å². The molecule has 0 saturated carbocycles. The Morgan fingerprint density at radius 3 is 2.43 bits per heavy atom. The number of rotatable bonds is 9. The molecule has 0 bridgehead atoms. The van der Waals surface area contributed by atoms with E-state index in [9.17, 15) is 4.79 Å². The van der Waals surface area contributed by atoms with Crippen molar-refractivity contribution in [3.05, 3.63) is 0 Å². The summed E-state index contributed by atoms with van der Waals surface area (Å²) in [6.07, 6.45) is 4.06. The van der Waals surface area contributed by atoms with Crippen LogP contribution in [0.5, 0.6) is 0 Å². The first kappa shape index (κ1) is 13.4. The first-order valence-electron chi connectivity index (χ1n) is 5.29. The predicted octanol–water partition coefficient (Wildman–Crippen LogP) is 0.658. The molecule has 4 nitrogen and oxygen atoms in total. The van der Waals surface area contributed by atoms with Crippen molar-refractivity contribution in [2.75, 3.05) is 26.3 Å². The van der Waals surface area contributed by atoms with Crippen molar-refractivity contribution in [2.24, 2.45) is 5.73 Å². The summed E-state index contributed by atoms with van der Waals surface area (Å²) in [6, 6.07) is 0. The summed E-state index contributed by atoms with van der Waals surface area (Å²) in [5.41, 5.74) is 5.34. The summed E-state index contributed by atoms with van der Waals surface area (Å²) >= 11 is 0. The van der Waals surface area contributed by atoms with Crippen molar-refractivity contribution in [3.63, 3.8) is 0 Å². The van der Waals surface area contributed by atoms with Crippen molar-refractivity contribution in [2.45, 2.75) is 32.6 Å². The van der Waals surface area contributed by atoms with E-state index < -0.39 is 0 Å². The van der Waals surface area contributed by atoms with E-state index in [4.69, 9.17) is 10.5 Å². The monoisotopic (exact) mass is 202 g/mol. The number of hydrogen-bond donors (Lipinski definition) is 2. The molecule has 0 atom stereocenters. The van der Waals surface area contributed by atoms with Crippen molar-refractivity contribution >= 4 is 5.91 Å². The van der Waals surface area contributed by atoms with Gasteiger partial charge in [0.2, 0.25) is 5.91 Å². The lowest BCUT2D eigenvalue weighted by Gasteiger charge is -2.04. The highest BCUT2D eigenvalue weighted by Gasteiger charge is 1.92. The maximum absolute atomic E-state index is 10.5. The zero-order valence-electron chi connectivity index (χ0n) is 9.05. The number of carbonyl (C=O) groups is 1. The van der Waals surface area contributed by atoms with Gasteiger partial charge in [0.25, 0.3) is 0 Å². The molecule has 0 saturated heterocycles. The maximum atomic E-state index is 10.5. The third-order valence-corrected chi connectivity index (χ3v) is 1.83. The van der Waals surface area contributed by atoms with Gasteiger partial charge in [-0.1, -0.05) is 0 Å². The standard InChI is InChI=1S/C10H22N2O2/c1-10(13)12-7-3-5-9-14-8-4-2-6-11/h2-9,11H2,1H3,(H,12,13). The molecule has 0 radical (unpaired) electrons. The summed E-state index contributed by atoms with van der Waals surface area (Å²) in [5.74, 6) is 0.0360. The Bertz CT molecular complexity index is 140. The fourth-order valence-corrected chi connectivity index (χ4v) is 1.04. The number of hydrogen-bond acceptors (Lipinski definition) is 3. The van der Waals surface area contributed by atoms with E-state index in [0.717, 1.165) is 52.0 Å². The van der Waals surface area contributed by atoms with Crippen molar-refractivity contribution in [1.29, 1.82) is 0 Å². The minimum absolute atomic E-state index is 0.0360. The van der Waals surface area contributed by atoms with E-state index in [0.29, 0.717) is 0 Å². The Hall–Kier alpha value is -0.610. The van der Waals surface area contributed by atoms with E-state index in [1.165, 1.54) is 6.92 Å². The summed E-state index contributed by atoms with van der Waals surface area (Å²) in [7, 11) is 0. The third-order valence-electron chi connectivity index (χ3n) is 1.83. The molecule has 0 aliphatic carbocycles. The molecule has 0 spiro atoms. The first-order valence-corrected chi connectivity index (χ1v) is 5.29. The average Bonchev–Trinajstić information content (AvgIpc) is 2.15. The van der Waals surface area contributed by atoms with Gasteiger partial charge in [0.05, 0.1) is 0 Å². The van der Waals surface area contributed by atoms with E-state index in [1.807, 2.05) is 0 Å². The Labute approximate surface area is 86.2 Å². The predicted molar refractivity (Wildman–Crippen MR) is 57.0 cm³/mol. The van der Waals surface area contributed by atoms with E-state index in [2.05, 4.69) is 5.32 Å². The maximum Gasteiger partial charge on any atom is 0.216 e. The topological polar surface area (TPSA) is 64.3 Å². The van der Waals surface area contributed by atoms with Gasteiger partial charge >= 0.3 is 0 Å². The van der Waals surface area contributed by atoms with Gasteiger partial charge in [-0.3, -0.25) is 4.79 Å². The highest BCUT2D eigenvalue weighted by molar-refractivity contribution is 5.72. The molecule has 4 heteroatoms. The number of ether oxygens (including phenoxy) is 1. The molecule has 3 N–H and O–H groups in total. The summed E-state index contributed by atoms with van der Waals surface area (Å²) in [5, 5.41) is 2.75. The zero-order chi connectivity index (χ0) is 10.6. The van der Waals surface area contributed by atoms with Gasteiger partial charge in [-0.25, -0.2) is 0 Å². The van der Waals surface area contributed by atoms with Crippen LogP contribution in [0.4, 0.5) is 0 Å². The number of unbranched alkanes of at least 4 members (excludes halogenated alkanes) is 2. The van der Waals surface area contributed by atoms with Crippen LogP contribution in [-0.2, 0) is 9.53 Å². The number of amides is 1. The smallest absolute Gasteiger partial charge is 0.216 e. The highest BCUT2D eigenvalue weighted by Crippen LogP contribution is 1.92. The van der Waals surface area contributed by atoms with Crippen LogP contribution in [0, 0.1) is 0 Å². The molecule has 0 aromatic heterocycles. The molecule has 0 rings (SSSR count). The second-order valence-electron chi connectivity index (χ2n) is 3.30. The molecular weight excluding hydrogens is 180 g/mol. The second-order valence-corrected chi connectivity index (χ2v) is 3.30. The Balaban J connectivity index is 2.88. The fraction of sp³-hybridized carbons (Fsp3) is 0.900. The van der Waals surface area contributed by atoms with Crippen molar-refractivity contribution in [1.82, 2.24) is 5.32 Å². The molecular formula is C10H22N2O2. The quantitative estimate of drug-likeness (QED) is 0.540. The van der Waals surface area contributed by atoms with E-state index >= 15 is 0 Å². The molecule has 14 heavy (non-hydrogen) atoms. The molecule has 0 heterocycles. The molecule has 0 aliphatic heterocycles. The second kappa shape index (κ2) is 10.5. The van der Waals surface area contributed by atoms with Crippen LogP contribution in [0.15, 0.2) is 0 Å². The first-order chi connectivity index (χ1) is 6.77. The average molecular weight is 202 g/mol. The minimum Gasteiger partial charge on any atom is -0.381 e.